The maximum absolute atomic E-state index is 9.27. The Morgan fingerprint density at radius 1 is 0.970 bits per heavy atom. The van der Waals surface area contributed by atoms with Crippen molar-refractivity contribution in [3.05, 3.63) is 64.5 Å². The lowest BCUT2D eigenvalue weighted by molar-refractivity contribution is 0.288. The summed E-state index contributed by atoms with van der Waals surface area (Å²) in [5.41, 5.74) is 4.23. The number of hydrogen-bond donors (Lipinski definition) is 3. The minimum atomic E-state index is 0.212. The number of benzene rings is 2. The fourth-order valence-corrected chi connectivity index (χ4v) is 3.31. The quantitative estimate of drug-likeness (QED) is 0.328. The zero-order valence-corrected chi connectivity index (χ0v) is 22.0. The van der Waals surface area contributed by atoms with Crippen LogP contribution >= 0.6 is 11.9 Å². The van der Waals surface area contributed by atoms with Gasteiger partial charge in [0.1, 0.15) is 23.0 Å². The third kappa shape index (κ3) is 10.3. The summed E-state index contributed by atoms with van der Waals surface area (Å²) in [5.74, 6) is 2.57. The predicted molar refractivity (Wildman–Crippen MR) is 138 cm³/mol. The van der Waals surface area contributed by atoms with Gasteiger partial charge in [-0.25, -0.2) is 0 Å². The molecule has 33 heavy (non-hydrogen) atoms. The first-order chi connectivity index (χ1) is 15.8. The van der Waals surface area contributed by atoms with Crippen LogP contribution in [0.3, 0.4) is 0 Å². The highest BCUT2D eigenvalue weighted by Gasteiger charge is 2.08. The number of nitrogens with zero attached hydrogens (tertiary/aromatic N) is 1. The van der Waals surface area contributed by atoms with Gasteiger partial charge in [-0.1, -0.05) is 45.0 Å². The molecule has 0 saturated carbocycles. The summed E-state index contributed by atoms with van der Waals surface area (Å²) in [5, 5.41) is 27.2. The summed E-state index contributed by atoms with van der Waals surface area (Å²) in [6, 6.07) is 10.9. The van der Waals surface area contributed by atoms with E-state index >= 15 is 0 Å². The van der Waals surface area contributed by atoms with Gasteiger partial charge in [-0.15, -0.1) is 0 Å². The van der Waals surface area contributed by atoms with Crippen LogP contribution in [-0.2, 0) is 6.42 Å². The van der Waals surface area contributed by atoms with Gasteiger partial charge in [0, 0.05) is 6.61 Å². The number of phenolic OH excluding ortho intramolecular Hbond substituents is 1. The van der Waals surface area contributed by atoms with E-state index in [4.69, 9.17) is 19.5 Å². The first-order valence-corrected chi connectivity index (χ1v) is 12.2. The summed E-state index contributed by atoms with van der Waals surface area (Å²) in [4.78, 5) is 0.940. The number of ether oxygens (including phenoxy) is 1. The van der Waals surface area contributed by atoms with Gasteiger partial charge in [0.05, 0.1) is 10.6 Å². The molecule has 0 fully saturated rings. The van der Waals surface area contributed by atoms with Crippen molar-refractivity contribution in [2.24, 2.45) is 5.14 Å². The molecule has 0 atom stereocenters. The second-order valence-corrected chi connectivity index (χ2v) is 7.40. The summed E-state index contributed by atoms with van der Waals surface area (Å²) in [7, 11) is 0. The lowest BCUT2D eigenvalue weighted by Crippen LogP contribution is -1.96. The van der Waals surface area contributed by atoms with Crippen molar-refractivity contribution in [3.63, 3.8) is 0 Å². The van der Waals surface area contributed by atoms with Crippen LogP contribution in [0.25, 0.3) is 0 Å². The second kappa shape index (κ2) is 17.1. The van der Waals surface area contributed by atoms with E-state index in [0.717, 1.165) is 46.1 Å². The molecule has 184 valence electrons. The molecule has 3 aromatic rings. The Kier molecular flexibility index (Phi) is 15.8. The van der Waals surface area contributed by atoms with Crippen LogP contribution in [0, 0.1) is 27.7 Å². The molecular formula is C26H40N2O4S. The van der Waals surface area contributed by atoms with Gasteiger partial charge in [0.25, 0.3) is 0 Å². The normalized spacial score (nSPS) is 9.52. The van der Waals surface area contributed by atoms with Gasteiger partial charge in [0.2, 0.25) is 0 Å². The van der Waals surface area contributed by atoms with Gasteiger partial charge >= 0.3 is 0 Å². The van der Waals surface area contributed by atoms with Gasteiger partial charge in [-0.3, -0.25) is 5.14 Å². The molecule has 0 saturated heterocycles. The molecule has 0 aliphatic rings. The Balaban J connectivity index is 0.000000658. The zero-order chi connectivity index (χ0) is 25.4. The molecule has 0 radical (unpaired) electrons. The number of hydrogen-bond acceptors (Lipinski definition) is 7. The Bertz CT molecular complexity index is 882. The number of aliphatic hydroxyl groups is 1. The van der Waals surface area contributed by atoms with Crippen LogP contribution in [0.2, 0.25) is 0 Å². The molecule has 0 amide bonds. The van der Waals surface area contributed by atoms with Crippen molar-refractivity contribution in [1.82, 2.24) is 5.16 Å². The van der Waals surface area contributed by atoms with E-state index in [9.17, 15) is 5.11 Å². The third-order valence-electron chi connectivity index (χ3n) is 4.29. The highest BCUT2D eigenvalue weighted by molar-refractivity contribution is 7.97. The minimum absolute atomic E-state index is 0.212. The van der Waals surface area contributed by atoms with Gasteiger partial charge in [-0.05, 0) is 93.4 Å². The van der Waals surface area contributed by atoms with Crippen LogP contribution in [0.4, 0.5) is 0 Å². The monoisotopic (exact) mass is 476 g/mol. The predicted octanol–water partition coefficient (Wildman–Crippen LogP) is 7.04. The van der Waals surface area contributed by atoms with Crippen molar-refractivity contribution in [1.29, 1.82) is 0 Å². The minimum Gasteiger partial charge on any atom is -0.508 e. The largest absolute Gasteiger partial charge is 0.508 e. The van der Waals surface area contributed by atoms with Gasteiger partial charge < -0.3 is 19.5 Å². The zero-order valence-electron chi connectivity index (χ0n) is 21.2. The molecule has 4 N–H and O–H groups in total. The van der Waals surface area contributed by atoms with Crippen molar-refractivity contribution in [3.8, 4) is 17.2 Å². The SMILES string of the molecule is CC.CC.Cc1cc(CCCO)cc(C)c1Oc1ccc(O)cc1.Cc1noc(C)c1SN. The van der Waals surface area contributed by atoms with Crippen molar-refractivity contribution in [2.75, 3.05) is 6.61 Å². The molecular weight excluding hydrogens is 436 g/mol. The molecule has 7 heteroatoms. The molecule has 0 aliphatic heterocycles. The number of rotatable bonds is 6. The Morgan fingerprint density at radius 2 is 1.52 bits per heavy atom. The van der Waals surface area contributed by atoms with Crippen molar-refractivity contribution in [2.45, 2.75) is 73.1 Å². The van der Waals surface area contributed by atoms with E-state index in [1.54, 1.807) is 24.3 Å². The Labute approximate surface area is 203 Å². The van der Waals surface area contributed by atoms with E-state index in [1.807, 2.05) is 55.4 Å². The molecule has 1 aromatic heterocycles. The number of aryl methyl sites for hydroxylation is 5. The molecule has 1 heterocycles. The number of nitrogens with two attached hydrogens (primary N) is 1. The first-order valence-electron chi connectivity index (χ1n) is 11.3. The molecule has 0 bridgehead atoms. The smallest absolute Gasteiger partial charge is 0.148 e. The summed E-state index contributed by atoms with van der Waals surface area (Å²) in [6.07, 6.45) is 1.65. The Hall–Kier alpha value is -2.48. The molecule has 3 rings (SSSR count). The second-order valence-electron chi connectivity index (χ2n) is 6.75. The van der Waals surface area contributed by atoms with Crippen LogP contribution in [0.5, 0.6) is 17.2 Å². The lowest BCUT2D eigenvalue weighted by atomic mass is 10.0. The molecule has 0 spiro atoms. The van der Waals surface area contributed by atoms with Crippen LogP contribution < -0.4 is 9.88 Å². The molecule has 0 unspecified atom stereocenters. The van der Waals surface area contributed by atoms with E-state index in [0.29, 0.717) is 5.75 Å². The van der Waals surface area contributed by atoms with Gasteiger partial charge in [-0.2, -0.15) is 0 Å². The number of aliphatic hydroxyl groups excluding tert-OH is 1. The van der Waals surface area contributed by atoms with Crippen LogP contribution in [0.1, 0.15) is 62.3 Å². The highest BCUT2D eigenvalue weighted by Crippen LogP contribution is 2.31. The molecule has 0 aliphatic carbocycles. The fraction of sp³-hybridized carbons (Fsp3) is 0.423. The number of phenols is 1. The maximum atomic E-state index is 9.27. The van der Waals surface area contributed by atoms with E-state index in [-0.39, 0.29) is 12.4 Å². The van der Waals surface area contributed by atoms with Crippen molar-refractivity contribution < 1.29 is 19.5 Å². The average molecular weight is 477 g/mol. The summed E-state index contributed by atoms with van der Waals surface area (Å²) < 4.78 is 10.7. The lowest BCUT2D eigenvalue weighted by Gasteiger charge is -2.14. The first kappa shape index (κ1) is 30.5. The fourth-order valence-electron chi connectivity index (χ4n) is 2.90. The van der Waals surface area contributed by atoms with E-state index in [1.165, 1.54) is 17.5 Å². The van der Waals surface area contributed by atoms with E-state index in [2.05, 4.69) is 17.3 Å². The highest BCUT2D eigenvalue weighted by atomic mass is 32.2. The Morgan fingerprint density at radius 3 is 1.91 bits per heavy atom. The van der Waals surface area contributed by atoms with Crippen molar-refractivity contribution >= 4 is 11.9 Å². The number of aromatic nitrogens is 1. The summed E-state index contributed by atoms with van der Waals surface area (Å²) in [6.45, 7) is 16.0. The summed E-state index contributed by atoms with van der Waals surface area (Å²) >= 11 is 1.17. The maximum Gasteiger partial charge on any atom is 0.148 e. The topological polar surface area (TPSA) is 102 Å². The molecule has 6 nitrogen and oxygen atoms in total. The van der Waals surface area contributed by atoms with Crippen LogP contribution in [-0.4, -0.2) is 22.0 Å². The van der Waals surface area contributed by atoms with Gasteiger partial charge in [0.15, 0.2) is 0 Å². The van der Waals surface area contributed by atoms with E-state index < -0.39 is 0 Å². The molecule has 2 aromatic carbocycles. The number of aromatic hydroxyl groups is 1. The standard InChI is InChI=1S/C17H20O3.C5H8N2OS.2C2H6/c1-12-10-14(4-3-9-18)11-13(2)17(12)20-16-7-5-15(19)6-8-16;1-3-5(9-6)4(2)8-7-3;2*1-2/h5-8,10-11,18-19H,3-4,9H2,1-2H3;6H2,1-2H3;2*1-2H3. The third-order valence-corrected chi connectivity index (χ3v) is 5.10. The average Bonchev–Trinajstić information content (AvgIpc) is 3.16. The van der Waals surface area contributed by atoms with Crippen LogP contribution in [0.15, 0.2) is 45.8 Å².